The normalized spacial score (nSPS) is 11.1. The fourth-order valence-corrected chi connectivity index (χ4v) is 2.30. The molecule has 0 bridgehead atoms. The van der Waals surface area contributed by atoms with Gasteiger partial charge in [0.1, 0.15) is 11.0 Å². The molecule has 0 aliphatic heterocycles. The summed E-state index contributed by atoms with van der Waals surface area (Å²) in [5.74, 6) is -0.659. The number of hydrogen-bond donors (Lipinski definition) is 0. The summed E-state index contributed by atoms with van der Waals surface area (Å²) in [7, 11) is 1.23. The molecule has 10 heteroatoms. The van der Waals surface area contributed by atoms with Crippen LogP contribution in [0.1, 0.15) is 16.9 Å². The Hall–Kier alpha value is -1.51. The molecule has 2 heterocycles. The van der Waals surface area contributed by atoms with Gasteiger partial charge in [0.05, 0.1) is 26.9 Å². The van der Waals surface area contributed by atoms with E-state index in [2.05, 4.69) is 19.8 Å². The van der Waals surface area contributed by atoms with Crippen LogP contribution in [-0.4, -0.2) is 52.7 Å². The molecule has 0 amide bonds. The van der Waals surface area contributed by atoms with E-state index in [1.54, 1.807) is 0 Å². The van der Waals surface area contributed by atoms with Crippen LogP contribution in [0.2, 0.25) is 10.4 Å². The van der Waals surface area contributed by atoms with Gasteiger partial charge in [0.25, 0.3) is 0 Å². The average Bonchev–Trinajstić information content (AvgIpc) is 2.85. The highest BCUT2D eigenvalue weighted by atomic mass is 35.5. The smallest absolute Gasteiger partial charge is 0.360 e. The van der Waals surface area contributed by atoms with Crippen LogP contribution in [0.15, 0.2) is 0 Å². The van der Waals surface area contributed by atoms with Crippen LogP contribution in [0.4, 0.5) is 4.39 Å². The number of esters is 1. The predicted octanol–water partition coefficient (Wildman–Crippen LogP) is 2.30. The van der Waals surface area contributed by atoms with Gasteiger partial charge in [0, 0.05) is 6.61 Å². The van der Waals surface area contributed by atoms with Gasteiger partial charge in [-0.15, -0.1) is 0 Å². The lowest BCUT2D eigenvalue weighted by Gasteiger charge is -2.05. The zero-order valence-electron chi connectivity index (χ0n) is 11.7. The third kappa shape index (κ3) is 3.63. The van der Waals surface area contributed by atoms with E-state index in [9.17, 15) is 9.18 Å². The fraction of sp³-hybridized carbons (Fsp3) is 0.500. The number of carbonyl (C=O) groups is 1. The second kappa shape index (κ2) is 7.66. The zero-order chi connectivity index (χ0) is 16.1. The molecule has 120 valence electrons. The molecule has 0 saturated carbocycles. The maximum atomic E-state index is 12.0. The Morgan fingerprint density at radius 1 is 1.32 bits per heavy atom. The van der Waals surface area contributed by atoms with Gasteiger partial charge < -0.3 is 9.47 Å². The molecule has 0 spiro atoms. The van der Waals surface area contributed by atoms with Crippen molar-refractivity contribution in [3.63, 3.8) is 0 Å². The van der Waals surface area contributed by atoms with E-state index < -0.39 is 12.6 Å². The summed E-state index contributed by atoms with van der Waals surface area (Å²) in [4.78, 5) is 19.6. The Morgan fingerprint density at radius 3 is 2.77 bits per heavy atom. The first-order valence-electron chi connectivity index (χ1n) is 6.40. The predicted molar refractivity (Wildman–Crippen MR) is 78.1 cm³/mol. The number of aromatic nitrogens is 4. The molecule has 0 radical (unpaired) electrons. The summed E-state index contributed by atoms with van der Waals surface area (Å²) in [5.41, 5.74) is 0.564. The molecule has 2 rings (SSSR count). The van der Waals surface area contributed by atoms with E-state index in [0.717, 1.165) is 0 Å². The van der Waals surface area contributed by atoms with Crippen LogP contribution in [0.3, 0.4) is 0 Å². The van der Waals surface area contributed by atoms with E-state index >= 15 is 0 Å². The maximum Gasteiger partial charge on any atom is 0.360 e. The monoisotopic (exact) mass is 350 g/mol. The van der Waals surface area contributed by atoms with E-state index in [4.69, 9.17) is 27.9 Å². The average molecular weight is 351 g/mol. The standard InChI is InChI=1S/C12H13Cl2FN4O3/c1-21-11(20)8-7-9(10(13)17-12(14)16-7)19(18-8)4-6-22-5-2-3-15/h2-6H2,1H3. The number of carbonyl (C=O) groups excluding carboxylic acids is 1. The van der Waals surface area contributed by atoms with Gasteiger partial charge in [-0.05, 0) is 18.0 Å². The van der Waals surface area contributed by atoms with Crippen molar-refractivity contribution in [3.8, 4) is 0 Å². The Morgan fingerprint density at radius 2 is 2.09 bits per heavy atom. The minimum atomic E-state index is -0.659. The number of ether oxygens (including phenoxy) is 2. The lowest BCUT2D eigenvalue weighted by molar-refractivity contribution is 0.0593. The zero-order valence-corrected chi connectivity index (χ0v) is 13.2. The van der Waals surface area contributed by atoms with Crippen LogP contribution < -0.4 is 0 Å². The van der Waals surface area contributed by atoms with Crippen molar-refractivity contribution in [1.82, 2.24) is 19.7 Å². The third-order valence-corrected chi connectivity index (χ3v) is 3.20. The molecular formula is C12H13Cl2FN4O3. The summed E-state index contributed by atoms with van der Waals surface area (Å²) < 4.78 is 23.3. The van der Waals surface area contributed by atoms with Gasteiger partial charge in [-0.25, -0.2) is 14.8 Å². The number of rotatable bonds is 7. The first-order chi connectivity index (χ1) is 10.6. The van der Waals surface area contributed by atoms with Crippen LogP contribution in [0.5, 0.6) is 0 Å². The highest BCUT2D eigenvalue weighted by Gasteiger charge is 2.22. The SMILES string of the molecule is COC(=O)c1nn(CCOCCCF)c2c(Cl)nc(Cl)nc12. The first kappa shape index (κ1) is 16.9. The van der Waals surface area contributed by atoms with Crippen LogP contribution in [-0.2, 0) is 16.0 Å². The van der Waals surface area contributed by atoms with E-state index in [0.29, 0.717) is 25.1 Å². The van der Waals surface area contributed by atoms with Crippen molar-refractivity contribution < 1.29 is 18.7 Å². The summed E-state index contributed by atoms with van der Waals surface area (Å²) in [6, 6.07) is 0. The summed E-state index contributed by atoms with van der Waals surface area (Å²) in [5, 5.41) is 4.10. The lowest BCUT2D eigenvalue weighted by Crippen LogP contribution is -2.10. The molecule has 0 aliphatic rings. The number of nitrogens with zero attached hydrogens (tertiary/aromatic N) is 4. The Kier molecular flexibility index (Phi) is 5.87. The van der Waals surface area contributed by atoms with E-state index in [-0.39, 0.29) is 28.3 Å². The minimum Gasteiger partial charge on any atom is -0.464 e. The molecule has 7 nitrogen and oxygen atoms in total. The molecule has 2 aromatic heterocycles. The number of alkyl halides is 1. The van der Waals surface area contributed by atoms with Gasteiger partial charge >= 0.3 is 5.97 Å². The topological polar surface area (TPSA) is 79.1 Å². The third-order valence-electron chi connectivity index (χ3n) is 2.77. The maximum absolute atomic E-state index is 12.0. The van der Waals surface area contributed by atoms with E-state index in [1.165, 1.54) is 11.8 Å². The van der Waals surface area contributed by atoms with Crippen molar-refractivity contribution in [2.75, 3.05) is 27.0 Å². The van der Waals surface area contributed by atoms with Crippen molar-refractivity contribution in [3.05, 3.63) is 16.1 Å². The molecular weight excluding hydrogens is 338 g/mol. The molecule has 0 saturated heterocycles. The lowest BCUT2D eigenvalue weighted by atomic mass is 10.3. The molecule has 22 heavy (non-hydrogen) atoms. The van der Waals surface area contributed by atoms with Gasteiger partial charge in [0.15, 0.2) is 10.8 Å². The van der Waals surface area contributed by atoms with Gasteiger partial charge in [-0.3, -0.25) is 9.07 Å². The van der Waals surface area contributed by atoms with Crippen molar-refractivity contribution >= 4 is 40.2 Å². The van der Waals surface area contributed by atoms with Crippen LogP contribution in [0.25, 0.3) is 11.0 Å². The summed E-state index contributed by atoms with van der Waals surface area (Å²) in [6.45, 7) is 0.436. The van der Waals surface area contributed by atoms with Crippen molar-refractivity contribution in [2.24, 2.45) is 0 Å². The quantitative estimate of drug-likeness (QED) is 0.330. The number of hydrogen-bond acceptors (Lipinski definition) is 6. The number of fused-ring (bicyclic) bond motifs is 1. The molecule has 0 aromatic carbocycles. The highest BCUT2D eigenvalue weighted by Crippen LogP contribution is 2.25. The van der Waals surface area contributed by atoms with Gasteiger partial charge in [0.2, 0.25) is 5.28 Å². The molecule has 0 N–H and O–H groups in total. The van der Waals surface area contributed by atoms with Crippen LogP contribution >= 0.6 is 23.2 Å². The molecule has 2 aromatic rings. The first-order valence-corrected chi connectivity index (χ1v) is 7.15. The van der Waals surface area contributed by atoms with Crippen molar-refractivity contribution in [2.45, 2.75) is 13.0 Å². The van der Waals surface area contributed by atoms with Gasteiger partial charge in [-0.1, -0.05) is 11.6 Å². The Bertz CT molecular complexity index is 680. The van der Waals surface area contributed by atoms with Crippen LogP contribution in [0, 0.1) is 0 Å². The minimum absolute atomic E-state index is 0.00698. The van der Waals surface area contributed by atoms with E-state index in [1.807, 2.05) is 0 Å². The van der Waals surface area contributed by atoms with Crippen molar-refractivity contribution in [1.29, 1.82) is 0 Å². The number of methoxy groups -OCH3 is 1. The molecule has 0 aliphatic carbocycles. The fourth-order valence-electron chi connectivity index (χ4n) is 1.82. The second-order valence-electron chi connectivity index (χ2n) is 4.20. The molecule has 0 atom stereocenters. The number of halogens is 3. The highest BCUT2D eigenvalue weighted by molar-refractivity contribution is 6.35. The Balaban J connectivity index is 2.31. The van der Waals surface area contributed by atoms with Gasteiger partial charge in [-0.2, -0.15) is 5.10 Å². The summed E-state index contributed by atoms with van der Waals surface area (Å²) in [6.07, 6.45) is 0.326. The Labute approximate surface area is 135 Å². The molecule has 0 fully saturated rings. The summed E-state index contributed by atoms with van der Waals surface area (Å²) >= 11 is 11.8. The second-order valence-corrected chi connectivity index (χ2v) is 4.89. The largest absolute Gasteiger partial charge is 0.464 e. The molecule has 0 unspecified atom stereocenters.